The molecule has 3 rings (SSSR count). The highest BCUT2D eigenvalue weighted by Gasteiger charge is 2.40. The van der Waals surface area contributed by atoms with Gasteiger partial charge in [0.15, 0.2) is 0 Å². The lowest BCUT2D eigenvalue weighted by Gasteiger charge is -2.19. The van der Waals surface area contributed by atoms with Crippen LogP contribution in [0.2, 0.25) is 0 Å². The van der Waals surface area contributed by atoms with E-state index in [1.807, 2.05) is 32.0 Å². The smallest absolute Gasteiger partial charge is 0.423 e. The highest BCUT2D eigenvalue weighted by atomic mass is 16.5. The van der Waals surface area contributed by atoms with E-state index >= 15 is 0 Å². The molecule has 4 heteroatoms. The summed E-state index contributed by atoms with van der Waals surface area (Å²) in [6.07, 6.45) is 2.57. The molecule has 0 atom stereocenters. The van der Waals surface area contributed by atoms with Crippen LogP contribution < -0.4 is 5.46 Å². The van der Waals surface area contributed by atoms with Crippen LogP contribution in [-0.4, -0.2) is 17.9 Å². The first-order valence-corrected chi connectivity index (χ1v) is 6.49. The van der Waals surface area contributed by atoms with Crippen LogP contribution in [0.5, 0.6) is 0 Å². The van der Waals surface area contributed by atoms with Gasteiger partial charge in [0.2, 0.25) is 0 Å². The largest absolute Gasteiger partial charge is 0.492 e. The van der Waals surface area contributed by atoms with Gasteiger partial charge in [-0.2, -0.15) is 0 Å². The third-order valence-corrected chi connectivity index (χ3v) is 3.85. The number of fused-ring (bicyclic) bond motifs is 1. The van der Waals surface area contributed by atoms with Gasteiger partial charge in [0.05, 0.1) is 5.60 Å². The maximum absolute atomic E-state index is 11.8. The summed E-state index contributed by atoms with van der Waals surface area (Å²) in [6.45, 7) is 3.88. The molecule has 1 aliphatic carbocycles. The first-order valence-electron chi connectivity index (χ1n) is 6.49. The number of Topliss-reactive ketones (excluding diaryl/α,β-unsaturated/α-hetero) is 1. The predicted octanol–water partition coefficient (Wildman–Crippen LogP) is 1.16. The van der Waals surface area contributed by atoms with Crippen LogP contribution in [0.1, 0.15) is 37.8 Å². The van der Waals surface area contributed by atoms with Gasteiger partial charge in [0.1, 0.15) is 5.78 Å². The third kappa shape index (κ3) is 2.00. The van der Waals surface area contributed by atoms with E-state index in [0.29, 0.717) is 12.2 Å². The quantitative estimate of drug-likeness (QED) is 0.811. The molecule has 18 heavy (non-hydrogen) atoms. The second kappa shape index (κ2) is 3.94. The second-order valence-electron chi connectivity index (χ2n) is 5.82. The van der Waals surface area contributed by atoms with Crippen LogP contribution in [-0.2, 0) is 21.5 Å². The zero-order valence-electron chi connectivity index (χ0n) is 10.8. The number of benzene rings is 1. The summed E-state index contributed by atoms with van der Waals surface area (Å²) >= 11 is 0. The SMILES string of the molecule is CC1(C)OB(O)c2cc(CC(=O)C3CC3)ccc21. The minimum absolute atomic E-state index is 0.288. The lowest BCUT2D eigenvalue weighted by molar-refractivity contribution is -0.119. The zero-order chi connectivity index (χ0) is 12.9. The van der Waals surface area contributed by atoms with E-state index in [2.05, 4.69) is 0 Å². The lowest BCUT2D eigenvalue weighted by Crippen LogP contribution is -2.29. The van der Waals surface area contributed by atoms with Gasteiger partial charge < -0.3 is 9.68 Å². The fourth-order valence-corrected chi connectivity index (χ4v) is 2.63. The van der Waals surface area contributed by atoms with Crippen LogP contribution in [0.25, 0.3) is 0 Å². The molecule has 1 N–H and O–H groups in total. The van der Waals surface area contributed by atoms with Crippen molar-refractivity contribution in [2.24, 2.45) is 5.92 Å². The molecule has 1 heterocycles. The van der Waals surface area contributed by atoms with E-state index in [-0.39, 0.29) is 5.92 Å². The van der Waals surface area contributed by atoms with Crippen molar-refractivity contribution >= 4 is 18.4 Å². The highest BCUT2D eigenvalue weighted by Crippen LogP contribution is 2.32. The highest BCUT2D eigenvalue weighted by molar-refractivity contribution is 6.62. The molecule has 2 aliphatic rings. The molecule has 3 nitrogen and oxygen atoms in total. The van der Waals surface area contributed by atoms with E-state index in [4.69, 9.17) is 4.65 Å². The second-order valence-corrected chi connectivity index (χ2v) is 5.82. The monoisotopic (exact) mass is 244 g/mol. The molecule has 1 aromatic rings. The van der Waals surface area contributed by atoms with E-state index in [0.717, 1.165) is 29.4 Å². The third-order valence-electron chi connectivity index (χ3n) is 3.85. The van der Waals surface area contributed by atoms with Crippen molar-refractivity contribution in [3.05, 3.63) is 29.3 Å². The maximum Gasteiger partial charge on any atom is 0.492 e. The summed E-state index contributed by atoms with van der Waals surface area (Å²) in [4.78, 5) is 11.8. The Balaban J connectivity index is 1.87. The van der Waals surface area contributed by atoms with Gasteiger partial charge in [0, 0.05) is 12.3 Å². The molecule has 94 valence electrons. The van der Waals surface area contributed by atoms with Crippen molar-refractivity contribution in [3.63, 3.8) is 0 Å². The Morgan fingerprint density at radius 3 is 2.89 bits per heavy atom. The number of ketones is 1. The Morgan fingerprint density at radius 1 is 1.50 bits per heavy atom. The van der Waals surface area contributed by atoms with Gasteiger partial charge in [0.25, 0.3) is 0 Å². The molecule has 0 amide bonds. The van der Waals surface area contributed by atoms with Crippen molar-refractivity contribution in [1.82, 2.24) is 0 Å². The molecular formula is C14H17BO3. The van der Waals surface area contributed by atoms with Gasteiger partial charge >= 0.3 is 7.12 Å². The molecule has 0 radical (unpaired) electrons. The van der Waals surface area contributed by atoms with Crippen molar-refractivity contribution in [2.45, 2.75) is 38.7 Å². The number of rotatable bonds is 3. The standard InChI is InChI=1S/C14H17BO3/c1-14(2)11-6-3-9(7-12(11)15(17)18-14)8-13(16)10-4-5-10/h3,6-7,10,17H,4-5,8H2,1-2H3. The molecule has 0 spiro atoms. The van der Waals surface area contributed by atoms with Gasteiger partial charge in [-0.25, -0.2) is 0 Å². The van der Waals surface area contributed by atoms with Gasteiger partial charge in [-0.05, 0) is 43.3 Å². The minimum Gasteiger partial charge on any atom is -0.423 e. The average molecular weight is 244 g/mol. The number of carbonyl (C=O) groups excluding carboxylic acids is 1. The van der Waals surface area contributed by atoms with Crippen LogP contribution in [0.15, 0.2) is 18.2 Å². The molecule has 1 aliphatic heterocycles. The Bertz CT molecular complexity index is 506. The first-order chi connectivity index (χ1) is 8.47. The number of hydrogen-bond acceptors (Lipinski definition) is 3. The molecule has 0 saturated heterocycles. The van der Waals surface area contributed by atoms with Crippen molar-refractivity contribution in [2.75, 3.05) is 0 Å². The summed E-state index contributed by atoms with van der Waals surface area (Å²) in [6, 6.07) is 5.86. The van der Waals surface area contributed by atoms with E-state index in [1.54, 1.807) is 0 Å². The summed E-state index contributed by atoms with van der Waals surface area (Å²) in [5.41, 5.74) is 2.35. The van der Waals surface area contributed by atoms with Crippen LogP contribution in [0.4, 0.5) is 0 Å². The fraction of sp³-hybridized carbons (Fsp3) is 0.500. The molecule has 1 aromatic carbocycles. The first kappa shape index (κ1) is 11.9. The number of hydrogen-bond donors (Lipinski definition) is 1. The van der Waals surface area contributed by atoms with Crippen molar-refractivity contribution in [3.8, 4) is 0 Å². The van der Waals surface area contributed by atoms with Crippen LogP contribution in [0, 0.1) is 5.92 Å². The molecule has 0 aromatic heterocycles. The Labute approximate surface area is 107 Å². The van der Waals surface area contributed by atoms with Gasteiger partial charge in [-0.1, -0.05) is 18.2 Å². The summed E-state index contributed by atoms with van der Waals surface area (Å²) in [5.74, 6) is 0.610. The van der Waals surface area contributed by atoms with E-state index in [9.17, 15) is 9.82 Å². The Hall–Kier alpha value is -1.13. The van der Waals surface area contributed by atoms with Gasteiger partial charge in [-0.3, -0.25) is 4.79 Å². The van der Waals surface area contributed by atoms with E-state index in [1.165, 1.54) is 0 Å². The summed E-state index contributed by atoms with van der Waals surface area (Å²) < 4.78 is 5.51. The minimum atomic E-state index is -0.869. The fourth-order valence-electron chi connectivity index (χ4n) is 2.63. The topological polar surface area (TPSA) is 46.5 Å². The molecule has 0 unspecified atom stereocenters. The number of carbonyl (C=O) groups is 1. The molecule has 1 fully saturated rings. The maximum atomic E-state index is 11.8. The normalized spacial score (nSPS) is 20.9. The van der Waals surface area contributed by atoms with E-state index < -0.39 is 12.7 Å². The summed E-state index contributed by atoms with van der Waals surface area (Å²) in [7, 11) is -0.869. The van der Waals surface area contributed by atoms with Crippen molar-refractivity contribution < 1.29 is 14.5 Å². The predicted molar refractivity (Wildman–Crippen MR) is 69.6 cm³/mol. The lowest BCUT2D eigenvalue weighted by atomic mass is 9.77. The summed E-state index contributed by atoms with van der Waals surface area (Å²) in [5, 5.41) is 9.89. The molecular weight excluding hydrogens is 227 g/mol. The van der Waals surface area contributed by atoms with Crippen LogP contribution in [0.3, 0.4) is 0 Å². The Morgan fingerprint density at radius 2 is 2.22 bits per heavy atom. The molecule has 1 saturated carbocycles. The van der Waals surface area contributed by atoms with Crippen molar-refractivity contribution in [1.29, 1.82) is 0 Å². The average Bonchev–Trinajstić information content (AvgIpc) is 3.08. The zero-order valence-corrected chi connectivity index (χ0v) is 10.8. The van der Waals surface area contributed by atoms with Crippen LogP contribution >= 0.6 is 0 Å². The Kier molecular flexibility index (Phi) is 2.61. The molecule has 0 bridgehead atoms. The van der Waals surface area contributed by atoms with Gasteiger partial charge in [-0.15, -0.1) is 0 Å².